The normalized spacial score (nSPS) is 13.0. The molecule has 0 aliphatic heterocycles. The van der Waals surface area contributed by atoms with Crippen molar-refractivity contribution in [1.29, 1.82) is 0 Å². The van der Waals surface area contributed by atoms with Gasteiger partial charge in [0.25, 0.3) is 0 Å². The Balaban J connectivity index is 1.71. The molecule has 3 rings (SSSR count). The molecule has 0 aromatic heterocycles. The van der Waals surface area contributed by atoms with E-state index in [0.29, 0.717) is 30.7 Å². The second-order valence-corrected chi connectivity index (χ2v) is 7.92. The standard InChI is InChI=1S/C26H24F6O2/c1-33-24-9-5-8-20(15-24)21(12-18-6-3-2-4-7-18)10-11-34-17-19-13-22(25(27,28)29)16-23(14-19)26(30,31)32/h2-9,13-16,21H,10-12,17H2,1H3. The summed E-state index contributed by atoms with van der Waals surface area (Å²) in [6.07, 6.45) is -8.56. The number of hydrogen-bond donors (Lipinski definition) is 0. The third-order valence-electron chi connectivity index (χ3n) is 5.42. The zero-order valence-corrected chi connectivity index (χ0v) is 18.4. The molecule has 3 aromatic rings. The Labute approximate surface area is 194 Å². The van der Waals surface area contributed by atoms with Gasteiger partial charge in [0.05, 0.1) is 24.8 Å². The van der Waals surface area contributed by atoms with Crippen LogP contribution in [-0.4, -0.2) is 13.7 Å². The predicted octanol–water partition coefficient (Wildman–Crippen LogP) is 7.67. The van der Waals surface area contributed by atoms with E-state index in [9.17, 15) is 26.3 Å². The molecule has 3 aromatic carbocycles. The van der Waals surface area contributed by atoms with Crippen LogP contribution in [0.1, 0.15) is 40.2 Å². The van der Waals surface area contributed by atoms with Crippen molar-refractivity contribution in [2.24, 2.45) is 0 Å². The fourth-order valence-corrected chi connectivity index (χ4v) is 3.70. The van der Waals surface area contributed by atoms with Gasteiger partial charge in [0.2, 0.25) is 0 Å². The Hall–Kier alpha value is -3.00. The molecule has 0 saturated heterocycles. The molecule has 0 bridgehead atoms. The fourth-order valence-electron chi connectivity index (χ4n) is 3.70. The van der Waals surface area contributed by atoms with E-state index in [1.54, 1.807) is 7.11 Å². The lowest BCUT2D eigenvalue weighted by Crippen LogP contribution is -2.12. The molecule has 34 heavy (non-hydrogen) atoms. The van der Waals surface area contributed by atoms with Gasteiger partial charge in [-0.05, 0) is 65.8 Å². The molecule has 182 valence electrons. The molecule has 2 nitrogen and oxygen atoms in total. The van der Waals surface area contributed by atoms with Crippen LogP contribution >= 0.6 is 0 Å². The third-order valence-corrected chi connectivity index (χ3v) is 5.42. The summed E-state index contributed by atoms with van der Waals surface area (Å²) < 4.78 is 89.2. The lowest BCUT2D eigenvalue weighted by molar-refractivity contribution is -0.143. The molecule has 0 radical (unpaired) electrons. The van der Waals surface area contributed by atoms with Crippen molar-refractivity contribution in [2.75, 3.05) is 13.7 Å². The van der Waals surface area contributed by atoms with Gasteiger partial charge in [-0.2, -0.15) is 26.3 Å². The number of alkyl halides is 6. The summed E-state index contributed by atoms with van der Waals surface area (Å²) in [6.45, 7) is -0.199. The number of benzene rings is 3. The van der Waals surface area contributed by atoms with Gasteiger partial charge >= 0.3 is 12.4 Å². The molecule has 1 unspecified atom stereocenters. The van der Waals surface area contributed by atoms with Gasteiger partial charge in [-0.15, -0.1) is 0 Å². The Kier molecular flexibility index (Phi) is 8.25. The molecule has 0 aliphatic carbocycles. The largest absolute Gasteiger partial charge is 0.497 e. The van der Waals surface area contributed by atoms with E-state index < -0.39 is 23.5 Å². The van der Waals surface area contributed by atoms with Crippen LogP contribution in [0.4, 0.5) is 26.3 Å². The van der Waals surface area contributed by atoms with Crippen molar-refractivity contribution >= 4 is 0 Å². The Morgan fingerprint density at radius 1 is 0.735 bits per heavy atom. The highest BCUT2D eigenvalue weighted by atomic mass is 19.4. The Bertz CT molecular complexity index is 1030. The molecule has 0 saturated carbocycles. The van der Waals surface area contributed by atoms with Crippen molar-refractivity contribution in [3.63, 3.8) is 0 Å². The molecule has 0 fully saturated rings. The number of halogens is 6. The van der Waals surface area contributed by atoms with E-state index >= 15 is 0 Å². The molecule has 0 spiro atoms. The second-order valence-electron chi connectivity index (χ2n) is 7.92. The molecule has 0 heterocycles. The van der Waals surface area contributed by atoms with Gasteiger partial charge in [0, 0.05) is 6.61 Å². The van der Waals surface area contributed by atoms with Gasteiger partial charge in [-0.1, -0.05) is 42.5 Å². The first-order valence-electron chi connectivity index (χ1n) is 10.6. The van der Waals surface area contributed by atoms with E-state index in [1.165, 1.54) is 0 Å². The number of rotatable bonds is 9. The van der Waals surface area contributed by atoms with E-state index in [2.05, 4.69) is 0 Å². The smallest absolute Gasteiger partial charge is 0.416 e. The van der Waals surface area contributed by atoms with Crippen molar-refractivity contribution in [2.45, 2.75) is 37.7 Å². The highest BCUT2D eigenvalue weighted by Gasteiger charge is 2.36. The van der Waals surface area contributed by atoms with Crippen LogP contribution in [0.15, 0.2) is 72.8 Å². The molecule has 1 atom stereocenters. The van der Waals surface area contributed by atoms with Crippen molar-refractivity contribution < 1.29 is 35.8 Å². The Morgan fingerprint density at radius 3 is 1.97 bits per heavy atom. The summed E-state index contributed by atoms with van der Waals surface area (Å²) in [5.41, 5.74) is -0.769. The molecule has 8 heteroatoms. The summed E-state index contributed by atoms with van der Waals surface area (Å²) in [5.74, 6) is 0.713. The minimum Gasteiger partial charge on any atom is -0.497 e. The lowest BCUT2D eigenvalue weighted by atomic mass is 9.89. The van der Waals surface area contributed by atoms with Gasteiger partial charge in [0.1, 0.15) is 5.75 Å². The van der Waals surface area contributed by atoms with E-state index in [-0.39, 0.29) is 30.8 Å². The SMILES string of the molecule is COc1cccc(C(CCOCc2cc(C(F)(F)F)cc(C(F)(F)F)c2)Cc2ccccc2)c1. The summed E-state index contributed by atoms with van der Waals surface area (Å²) in [4.78, 5) is 0. The topological polar surface area (TPSA) is 18.5 Å². The monoisotopic (exact) mass is 482 g/mol. The first kappa shape index (κ1) is 25.6. The van der Waals surface area contributed by atoms with Gasteiger partial charge in [-0.3, -0.25) is 0 Å². The average molecular weight is 482 g/mol. The molecule has 0 amide bonds. The minimum absolute atomic E-state index is 0.0183. The van der Waals surface area contributed by atoms with Crippen LogP contribution in [0.25, 0.3) is 0 Å². The third kappa shape index (κ3) is 7.25. The first-order valence-corrected chi connectivity index (χ1v) is 10.6. The average Bonchev–Trinajstić information content (AvgIpc) is 2.80. The maximum Gasteiger partial charge on any atom is 0.416 e. The summed E-state index contributed by atoms with van der Waals surface area (Å²) in [6, 6.07) is 18.8. The highest BCUT2D eigenvalue weighted by molar-refractivity contribution is 5.34. The van der Waals surface area contributed by atoms with Crippen molar-refractivity contribution in [1.82, 2.24) is 0 Å². The van der Waals surface area contributed by atoms with Gasteiger partial charge in [0.15, 0.2) is 0 Å². The number of ether oxygens (including phenoxy) is 2. The van der Waals surface area contributed by atoms with Gasteiger partial charge in [-0.25, -0.2) is 0 Å². The maximum absolute atomic E-state index is 13.1. The minimum atomic E-state index is -4.89. The first-order chi connectivity index (χ1) is 16.1. The van der Waals surface area contributed by atoms with Crippen LogP contribution < -0.4 is 4.74 Å². The van der Waals surface area contributed by atoms with Crippen LogP contribution in [0.2, 0.25) is 0 Å². The quantitative estimate of drug-likeness (QED) is 0.230. The summed E-state index contributed by atoms with van der Waals surface area (Å²) >= 11 is 0. The van der Waals surface area contributed by atoms with Crippen LogP contribution in [0, 0.1) is 0 Å². The van der Waals surface area contributed by atoms with Crippen LogP contribution in [0.5, 0.6) is 5.75 Å². The second kappa shape index (κ2) is 11.0. The predicted molar refractivity (Wildman–Crippen MR) is 117 cm³/mol. The van der Waals surface area contributed by atoms with E-state index in [0.717, 1.165) is 11.1 Å². The fraction of sp³-hybridized carbons (Fsp3) is 0.308. The van der Waals surface area contributed by atoms with Crippen LogP contribution in [-0.2, 0) is 30.1 Å². The zero-order valence-electron chi connectivity index (χ0n) is 18.4. The van der Waals surface area contributed by atoms with E-state index in [4.69, 9.17) is 9.47 Å². The number of hydrogen-bond acceptors (Lipinski definition) is 2. The van der Waals surface area contributed by atoms with Crippen molar-refractivity contribution in [3.8, 4) is 5.75 Å². The number of methoxy groups -OCH3 is 1. The van der Waals surface area contributed by atoms with Crippen LogP contribution in [0.3, 0.4) is 0 Å². The zero-order chi connectivity index (χ0) is 24.8. The molecular formula is C26H24F6O2. The summed E-state index contributed by atoms with van der Waals surface area (Å²) in [7, 11) is 1.57. The van der Waals surface area contributed by atoms with Crippen molar-refractivity contribution in [3.05, 3.63) is 101 Å². The summed E-state index contributed by atoms with van der Waals surface area (Å²) in [5, 5.41) is 0. The highest BCUT2D eigenvalue weighted by Crippen LogP contribution is 2.36. The van der Waals surface area contributed by atoms with E-state index in [1.807, 2.05) is 54.6 Å². The lowest BCUT2D eigenvalue weighted by Gasteiger charge is -2.19. The molecule has 0 aliphatic rings. The maximum atomic E-state index is 13.1. The molecular weight excluding hydrogens is 458 g/mol. The van der Waals surface area contributed by atoms with Gasteiger partial charge < -0.3 is 9.47 Å². The molecule has 0 N–H and O–H groups in total. The Morgan fingerprint density at radius 2 is 1.38 bits per heavy atom.